The van der Waals surface area contributed by atoms with Gasteiger partial charge < -0.3 is 20.4 Å². The molecule has 7 nitrogen and oxygen atoms in total. The first-order chi connectivity index (χ1) is 17.4. The molecule has 0 bridgehead atoms. The van der Waals surface area contributed by atoms with E-state index >= 15 is 0 Å². The first-order valence-electron chi connectivity index (χ1n) is 13.1. The fourth-order valence-corrected chi connectivity index (χ4v) is 4.16. The topological polar surface area (TPSA) is 107 Å². The second-order valence-electron chi connectivity index (χ2n) is 9.27. The molecule has 7 heteroatoms. The molecule has 2 aromatic carbocycles. The average molecular weight is 497 g/mol. The van der Waals surface area contributed by atoms with Crippen molar-refractivity contribution in [3.63, 3.8) is 0 Å². The SMILES string of the molecule is CCCCCCCCCCCCNC(=O)c1cccc(CN(Cc2cccc(O)c2)C(=O)C(=O)O)c1. The highest BCUT2D eigenvalue weighted by Gasteiger charge is 2.22. The van der Waals surface area contributed by atoms with Crippen molar-refractivity contribution < 1.29 is 24.6 Å². The number of phenols is 1. The number of carboxylic acids is 1. The molecule has 0 radical (unpaired) electrons. The van der Waals surface area contributed by atoms with Crippen LogP contribution < -0.4 is 5.32 Å². The lowest BCUT2D eigenvalue weighted by Crippen LogP contribution is -2.35. The van der Waals surface area contributed by atoms with Gasteiger partial charge in [0.2, 0.25) is 0 Å². The zero-order chi connectivity index (χ0) is 26.2. The third-order valence-electron chi connectivity index (χ3n) is 6.13. The average Bonchev–Trinajstić information content (AvgIpc) is 2.86. The summed E-state index contributed by atoms with van der Waals surface area (Å²) in [7, 11) is 0. The summed E-state index contributed by atoms with van der Waals surface area (Å²) >= 11 is 0. The molecule has 0 aliphatic carbocycles. The lowest BCUT2D eigenvalue weighted by Gasteiger charge is -2.21. The van der Waals surface area contributed by atoms with Crippen LogP contribution in [0.2, 0.25) is 0 Å². The van der Waals surface area contributed by atoms with Crippen molar-refractivity contribution in [3.8, 4) is 5.75 Å². The van der Waals surface area contributed by atoms with Gasteiger partial charge in [0, 0.05) is 25.2 Å². The highest BCUT2D eigenvalue weighted by atomic mass is 16.4. The number of nitrogens with zero attached hydrogens (tertiary/aromatic N) is 1. The van der Waals surface area contributed by atoms with Crippen molar-refractivity contribution in [1.29, 1.82) is 0 Å². The Balaban J connectivity index is 1.81. The largest absolute Gasteiger partial charge is 0.508 e. The Morgan fingerprint density at radius 2 is 1.33 bits per heavy atom. The van der Waals surface area contributed by atoms with E-state index in [0.717, 1.165) is 12.8 Å². The van der Waals surface area contributed by atoms with Crippen LogP contribution in [0, 0.1) is 0 Å². The standard InChI is InChI=1S/C29H40N2O5/c1-2-3-4-5-6-7-8-9-10-11-18-30-27(33)25-16-12-14-23(19-25)21-31(28(34)29(35)36)22-24-15-13-17-26(32)20-24/h12-17,19-20,32H,2-11,18,21-22H2,1H3,(H,30,33)(H,35,36). The van der Waals surface area contributed by atoms with Gasteiger partial charge in [0.25, 0.3) is 5.91 Å². The predicted molar refractivity (Wildman–Crippen MR) is 141 cm³/mol. The van der Waals surface area contributed by atoms with Gasteiger partial charge in [-0.3, -0.25) is 9.59 Å². The van der Waals surface area contributed by atoms with Crippen molar-refractivity contribution >= 4 is 17.8 Å². The fraction of sp³-hybridized carbons (Fsp3) is 0.483. The maximum absolute atomic E-state index is 12.6. The number of unbranched alkanes of at least 4 members (excludes halogenated alkanes) is 9. The minimum Gasteiger partial charge on any atom is -0.508 e. The van der Waals surface area contributed by atoms with Crippen LogP contribution in [0.4, 0.5) is 0 Å². The molecule has 0 spiro atoms. The third-order valence-corrected chi connectivity index (χ3v) is 6.13. The third kappa shape index (κ3) is 10.9. The van der Waals surface area contributed by atoms with Gasteiger partial charge in [-0.15, -0.1) is 0 Å². The van der Waals surface area contributed by atoms with E-state index in [1.807, 2.05) is 0 Å². The number of hydrogen-bond donors (Lipinski definition) is 3. The van der Waals surface area contributed by atoms with E-state index in [1.54, 1.807) is 36.4 Å². The number of nitrogens with one attached hydrogen (secondary N) is 1. The van der Waals surface area contributed by atoms with E-state index in [9.17, 15) is 24.6 Å². The summed E-state index contributed by atoms with van der Waals surface area (Å²) in [6.45, 7) is 2.89. The molecule has 36 heavy (non-hydrogen) atoms. The van der Waals surface area contributed by atoms with E-state index in [1.165, 1.54) is 68.4 Å². The summed E-state index contributed by atoms with van der Waals surface area (Å²) < 4.78 is 0. The molecule has 0 heterocycles. The van der Waals surface area contributed by atoms with E-state index in [0.29, 0.717) is 23.2 Å². The molecule has 3 N–H and O–H groups in total. The molecule has 0 unspecified atom stereocenters. The molecule has 0 aliphatic heterocycles. The molecule has 2 rings (SSSR count). The van der Waals surface area contributed by atoms with Crippen LogP contribution in [-0.2, 0) is 22.7 Å². The number of aliphatic carboxylic acids is 1. The number of carbonyl (C=O) groups excluding carboxylic acids is 2. The molecule has 2 amide bonds. The van der Waals surface area contributed by atoms with Crippen LogP contribution in [-0.4, -0.2) is 39.4 Å². The normalized spacial score (nSPS) is 10.7. The van der Waals surface area contributed by atoms with Gasteiger partial charge in [-0.2, -0.15) is 0 Å². The second kappa shape index (κ2) is 16.3. The Morgan fingerprint density at radius 1 is 0.778 bits per heavy atom. The number of phenolic OH excluding ortho intramolecular Hbond substituents is 1. The molecule has 0 atom stereocenters. The van der Waals surface area contributed by atoms with Gasteiger partial charge in [-0.05, 0) is 41.8 Å². The van der Waals surface area contributed by atoms with Crippen LogP contribution in [0.1, 0.15) is 92.6 Å². The Labute approximate surface area is 214 Å². The van der Waals surface area contributed by atoms with Crippen LogP contribution in [0.5, 0.6) is 5.75 Å². The highest BCUT2D eigenvalue weighted by molar-refractivity contribution is 6.31. The van der Waals surface area contributed by atoms with Crippen LogP contribution in [0.25, 0.3) is 0 Å². The monoisotopic (exact) mass is 496 g/mol. The first kappa shape index (κ1) is 28.9. The Bertz CT molecular complexity index is 976. The minimum atomic E-state index is -1.56. The van der Waals surface area contributed by atoms with Crippen molar-refractivity contribution in [1.82, 2.24) is 10.2 Å². The van der Waals surface area contributed by atoms with Crippen LogP contribution in [0.3, 0.4) is 0 Å². The molecular formula is C29H40N2O5. The van der Waals surface area contributed by atoms with Crippen molar-refractivity contribution in [2.75, 3.05) is 6.54 Å². The Kier molecular flexibility index (Phi) is 13.1. The van der Waals surface area contributed by atoms with Gasteiger partial charge in [-0.25, -0.2) is 4.79 Å². The molecular weight excluding hydrogens is 456 g/mol. The summed E-state index contributed by atoms with van der Waals surface area (Å²) in [6, 6.07) is 13.2. The molecule has 196 valence electrons. The Morgan fingerprint density at radius 3 is 1.92 bits per heavy atom. The zero-order valence-corrected chi connectivity index (χ0v) is 21.4. The maximum atomic E-state index is 12.6. The molecule has 0 aromatic heterocycles. The van der Waals surface area contributed by atoms with E-state index in [-0.39, 0.29) is 24.7 Å². The Hall–Kier alpha value is -3.35. The quantitative estimate of drug-likeness (QED) is 0.205. The van der Waals surface area contributed by atoms with Crippen LogP contribution in [0.15, 0.2) is 48.5 Å². The van der Waals surface area contributed by atoms with Crippen molar-refractivity contribution in [3.05, 3.63) is 65.2 Å². The van der Waals surface area contributed by atoms with E-state index in [2.05, 4.69) is 12.2 Å². The number of carboxylic acid groups (broad SMARTS) is 1. The summed E-state index contributed by atoms with van der Waals surface area (Å²) in [4.78, 5) is 37.4. The summed E-state index contributed by atoms with van der Waals surface area (Å²) in [5.74, 6) is -2.75. The van der Waals surface area contributed by atoms with Crippen molar-refractivity contribution in [2.24, 2.45) is 0 Å². The van der Waals surface area contributed by atoms with Gasteiger partial charge in [0.15, 0.2) is 0 Å². The van der Waals surface area contributed by atoms with E-state index < -0.39 is 11.9 Å². The number of carbonyl (C=O) groups is 3. The zero-order valence-electron chi connectivity index (χ0n) is 21.4. The van der Waals surface area contributed by atoms with Gasteiger partial charge in [0.1, 0.15) is 5.75 Å². The number of hydrogen-bond acceptors (Lipinski definition) is 4. The number of rotatable bonds is 16. The number of aromatic hydroxyl groups is 1. The molecule has 0 saturated carbocycles. The minimum absolute atomic E-state index is 0.0225. The van der Waals surface area contributed by atoms with Gasteiger partial charge >= 0.3 is 11.9 Å². The second-order valence-corrected chi connectivity index (χ2v) is 9.27. The molecule has 0 fully saturated rings. The van der Waals surface area contributed by atoms with Gasteiger partial charge in [-0.1, -0.05) is 89.0 Å². The smallest absolute Gasteiger partial charge is 0.394 e. The highest BCUT2D eigenvalue weighted by Crippen LogP contribution is 2.16. The summed E-state index contributed by atoms with van der Waals surface area (Å²) in [6.07, 6.45) is 12.4. The first-order valence-corrected chi connectivity index (χ1v) is 13.1. The van der Waals surface area contributed by atoms with Crippen LogP contribution >= 0.6 is 0 Å². The van der Waals surface area contributed by atoms with Crippen molar-refractivity contribution in [2.45, 2.75) is 84.2 Å². The summed E-state index contributed by atoms with van der Waals surface area (Å²) in [5, 5.41) is 21.9. The molecule has 0 saturated heterocycles. The van der Waals surface area contributed by atoms with E-state index in [4.69, 9.17) is 0 Å². The number of amides is 2. The number of benzene rings is 2. The van der Waals surface area contributed by atoms with Gasteiger partial charge in [0.05, 0.1) is 0 Å². The fourth-order valence-electron chi connectivity index (χ4n) is 4.16. The molecule has 2 aromatic rings. The predicted octanol–water partition coefficient (Wildman–Crippen LogP) is 5.66. The lowest BCUT2D eigenvalue weighted by molar-refractivity contribution is -0.156. The molecule has 0 aliphatic rings. The summed E-state index contributed by atoms with van der Waals surface area (Å²) in [5.41, 5.74) is 1.73. The lowest BCUT2D eigenvalue weighted by atomic mass is 10.1. The maximum Gasteiger partial charge on any atom is 0.394 e.